The van der Waals surface area contributed by atoms with Gasteiger partial charge in [-0.2, -0.15) is 0 Å². The van der Waals surface area contributed by atoms with Crippen LogP contribution in [0.3, 0.4) is 0 Å². The van der Waals surface area contributed by atoms with Gasteiger partial charge in [0, 0.05) is 11.6 Å². The number of ether oxygens (including phenoxy) is 1. The Balaban J connectivity index is 1.83. The van der Waals surface area contributed by atoms with E-state index in [-0.39, 0.29) is 0 Å². The van der Waals surface area contributed by atoms with Crippen LogP contribution in [0.4, 0.5) is 0 Å². The van der Waals surface area contributed by atoms with Crippen molar-refractivity contribution in [2.24, 2.45) is 0 Å². The summed E-state index contributed by atoms with van der Waals surface area (Å²) in [5.74, 6) is 0.570. The summed E-state index contributed by atoms with van der Waals surface area (Å²) in [6.07, 6.45) is 1.44. The van der Waals surface area contributed by atoms with Gasteiger partial charge < -0.3 is 9.15 Å². The molecule has 90 valence electrons. The predicted octanol–water partition coefficient (Wildman–Crippen LogP) is 3.56. The smallest absolute Gasteiger partial charge is 0.214 e. The zero-order chi connectivity index (χ0) is 12.4. The van der Waals surface area contributed by atoms with E-state index in [9.17, 15) is 0 Å². The fourth-order valence-electron chi connectivity index (χ4n) is 1.68. The van der Waals surface area contributed by atoms with Crippen molar-refractivity contribution < 1.29 is 9.15 Å². The van der Waals surface area contributed by atoms with Gasteiger partial charge in [0.2, 0.25) is 5.88 Å². The maximum absolute atomic E-state index is 5.62. The molecule has 4 nitrogen and oxygen atoms in total. The summed E-state index contributed by atoms with van der Waals surface area (Å²) in [6.45, 7) is 0.399. The third-order valence-corrected chi connectivity index (χ3v) is 2.94. The molecule has 1 aromatic carbocycles. The highest BCUT2D eigenvalue weighted by Crippen LogP contribution is 2.19. The molecule has 3 rings (SSSR count). The molecule has 0 fully saturated rings. The summed E-state index contributed by atoms with van der Waals surface area (Å²) < 4.78 is 11.7. The number of benzene rings is 1. The zero-order valence-electron chi connectivity index (χ0n) is 9.34. The van der Waals surface area contributed by atoms with E-state index >= 15 is 0 Å². The zero-order valence-corrected chi connectivity index (χ0v) is 10.9. The van der Waals surface area contributed by atoms with Crippen LogP contribution in [-0.2, 0) is 6.61 Å². The fraction of sp³-hybridized carbons (Fsp3) is 0.0769. The largest absolute Gasteiger partial charge is 0.473 e. The number of halogens is 1. The standard InChI is InChI=1S/C13H9BrN2O2/c14-11-5-2-6-12(16-11)17-7-9-3-1-4-10-13(9)18-8-15-10/h1-6,8H,7H2. The molecule has 2 heterocycles. The SMILES string of the molecule is Brc1cccc(OCc2cccc3ncoc23)n1. The molecule has 0 aliphatic carbocycles. The molecule has 2 aromatic heterocycles. The van der Waals surface area contributed by atoms with E-state index in [2.05, 4.69) is 25.9 Å². The highest BCUT2D eigenvalue weighted by molar-refractivity contribution is 9.10. The number of fused-ring (bicyclic) bond motifs is 1. The van der Waals surface area contributed by atoms with Crippen LogP contribution in [0.2, 0.25) is 0 Å². The number of nitrogens with zero attached hydrogens (tertiary/aromatic N) is 2. The Hall–Kier alpha value is -1.88. The van der Waals surface area contributed by atoms with E-state index in [1.165, 1.54) is 6.39 Å². The lowest BCUT2D eigenvalue weighted by Crippen LogP contribution is -1.97. The highest BCUT2D eigenvalue weighted by Gasteiger charge is 2.06. The number of hydrogen-bond acceptors (Lipinski definition) is 4. The van der Waals surface area contributed by atoms with E-state index in [1.807, 2.05) is 36.4 Å². The first-order valence-electron chi connectivity index (χ1n) is 5.39. The summed E-state index contributed by atoms with van der Waals surface area (Å²) in [6, 6.07) is 11.3. The summed E-state index contributed by atoms with van der Waals surface area (Å²) >= 11 is 3.30. The summed E-state index contributed by atoms with van der Waals surface area (Å²) in [5.41, 5.74) is 2.54. The van der Waals surface area contributed by atoms with Crippen molar-refractivity contribution in [2.75, 3.05) is 0 Å². The minimum atomic E-state index is 0.399. The Bertz CT molecular complexity index is 681. The first kappa shape index (κ1) is 11.2. The summed E-state index contributed by atoms with van der Waals surface area (Å²) in [4.78, 5) is 8.31. The van der Waals surface area contributed by atoms with E-state index in [0.29, 0.717) is 12.5 Å². The predicted molar refractivity (Wildman–Crippen MR) is 70.3 cm³/mol. The Morgan fingerprint density at radius 1 is 1.17 bits per heavy atom. The quantitative estimate of drug-likeness (QED) is 0.694. The van der Waals surface area contributed by atoms with Gasteiger partial charge in [0.1, 0.15) is 16.7 Å². The molecule has 0 radical (unpaired) electrons. The van der Waals surface area contributed by atoms with Gasteiger partial charge in [0.05, 0.1) is 0 Å². The molecule has 0 unspecified atom stereocenters. The van der Waals surface area contributed by atoms with Crippen LogP contribution in [0, 0.1) is 0 Å². The molecular weight excluding hydrogens is 296 g/mol. The first-order chi connectivity index (χ1) is 8.83. The van der Waals surface area contributed by atoms with Crippen LogP contribution in [0.1, 0.15) is 5.56 Å². The van der Waals surface area contributed by atoms with Crippen molar-refractivity contribution in [1.82, 2.24) is 9.97 Å². The molecular formula is C13H9BrN2O2. The van der Waals surface area contributed by atoms with Gasteiger partial charge in [0.15, 0.2) is 12.0 Å². The van der Waals surface area contributed by atoms with E-state index in [1.54, 1.807) is 0 Å². The van der Waals surface area contributed by atoms with Crippen molar-refractivity contribution in [3.05, 3.63) is 53.0 Å². The number of rotatable bonds is 3. The molecule has 5 heteroatoms. The minimum Gasteiger partial charge on any atom is -0.473 e. The summed E-state index contributed by atoms with van der Waals surface area (Å²) in [7, 11) is 0. The number of hydrogen-bond donors (Lipinski definition) is 0. The van der Waals surface area contributed by atoms with Crippen molar-refractivity contribution >= 4 is 27.0 Å². The lowest BCUT2D eigenvalue weighted by molar-refractivity contribution is 0.293. The van der Waals surface area contributed by atoms with Crippen molar-refractivity contribution in [1.29, 1.82) is 0 Å². The maximum Gasteiger partial charge on any atom is 0.214 e. The van der Waals surface area contributed by atoms with Crippen molar-refractivity contribution in [3.8, 4) is 5.88 Å². The van der Waals surface area contributed by atoms with Gasteiger partial charge >= 0.3 is 0 Å². The molecule has 0 saturated heterocycles. The highest BCUT2D eigenvalue weighted by atomic mass is 79.9. The average Bonchev–Trinajstić information content (AvgIpc) is 2.85. The van der Waals surface area contributed by atoms with Crippen LogP contribution in [0.15, 0.2) is 51.8 Å². The molecule has 0 aliphatic heterocycles. The van der Waals surface area contributed by atoms with Gasteiger partial charge in [0.25, 0.3) is 0 Å². The third kappa shape index (κ3) is 2.22. The number of aromatic nitrogens is 2. The lowest BCUT2D eigenvalue weighted by Gasteiger charge is -2.05. The van der Waals surface area contributed by atoms with Crippen LogP contribution in [-0.4, -0.2) is 9.97 Å². The number of oxazole rings is 1. The Morgan fingerprint density at radius 2 is 2.06 bits per heavy atom. The van der Waals surface area contributed by atoms with Crippen molar-refractivity contribution in [3.63, 3.8) is 0 Å². The second kappa shape index (κ2) is 4.78. The Kier molecular flexibility index (Phi) is 2.98. The Morgan fingerprint density at radius 3 is 2.94 bits per heavy atom. The molecule has 18 heavy (non-hydrogen) atoms. The van der Waals surface area contributed by atoms with Gasteiger partial charge in [-0.1, -0.05) is 18.2 Å². The van der Waals surface area contributed by atoms with E-state index < -0.39 is 0 Å². The van der Waals surface area contributed by atoms with Gasteiger partial charge in [-0.15, -0.1) is 0 Å². The molecule has 0 amide bonds. The maximum atomic E-state index is 5.62. The second-order valence-electron chi connectivity index (χ2n) is 3.70. The van der Waals surface area contributed by atoms with Crippen LogP contribution >= 0.6 is 15.9 Å². The van der Waals surface area contributed by atoms with Crippen LogP contribution in [0.5, 0.6) is 5.88 Å². The molecule has 0 spiro atoms. The molecule has 0 saturated carbocycles. The van der Waals surface area contributed by atoms with Crippen molar-refractivity contribution in [2.45, 2.75) is 6.61 Å². The number of para-hydroxylation sites is 1. The summed E-state index contributed by atoms with van der Waals surface area (Å²) in [5, 5.41) is 0. The van der Waals surface area contributed by atoms with Crippen LogP contribution in [0.25, 0.3) is 11.1 Å². The average molecular weight is 305 g/mol. The minimum absolute atomic E-state index is 0.399. The molecule has 0 aliphatic rings. The normalized spacial score (nSPS) is 10.7. The molecule has 3 aromatic rings. The van der Waals surface area contributed by atoms with E-state index in [0.717, 1.165) is 21.3 Å². The number of pyridine rings is 1. The van der Waals surface area contributed by atoms with Gasteiger partial charge in [-0.3, -0.25) is 0 Å². The lowest BCUT2D eigenvalue weighted by atomic mass is 10.2. The van der Waals surface area contributed by atoms with Crippen LogP contribution < -0.4 is 4.74 Å². The fourth-order valence-corrected chi connectivity index (χ4v) is 2.01. The van der Waals surface area contributed by atoms with E-state index in [4.69, 9.17) is 9.15 Å². The second-order valence-corrected chi connectivity index (χ2v) is 4.52. The molecule has 0 bridgehead atoms. The molecule has 0 N–H and O–H groups in total. The topological polar surface area (TPSA) is 48.2 Å². The Labute approximate surface area is 112 Å². The first-order valence-corrected chi connectivity index (χ1v) is 6.19. The monoisotopic (exact) mass is 304 g/mol. The van der Waals surface area contributed by atoms with Gasteiger partial charge in [-0.25, -0.2) is 9.97 Å². The van der Waals surface area contributed by atoms with Gasteiger partial charge in [-0.05, 0) is 28.1 Å². The molecule has 0 atom stereocenters. The third-order valence-electron chi connectivity index (χ3n) is 2.50.